The molecule has 0 radical (unpaired) electrons. The molecular formula is C25H24ClN5O2S2. The summed E-state index contributed by atoms with van der Waals surface area (Å²) in [5, 5.41) is 0.704. The molecule has 2 fully saturated rings. The first-order valence-electron chi connectivity index (χ1n) is 11.4. The molecule has 10 heteroatoms. The fourth-order valence-corrected chi connectivity index (χ4v) is 6.05. The van der Waals surface area contributed by atoms with E-state index < -0.39 is 0 Å². The van der Waals surface area contributed by atoms with Crippen LogP contribution in [0.3, 0.4) is 0 Å². The summed E-state index contributed by atoms with van der Waals surface area (Å²) in [6.45, 7) is 6.71. The maximum Gasteiger partial charge on any atom is 0.267 e. The van der Waals surface area contributed by atoms with Gasteiger partial charge in [0, 0.05) is 49.1 Å². The summed E-state index contributed by atoms with van der Waals surface area (Å²) in [4.78, 5) is 37.9. The van der Waals surface area contributed by atoms with Crippen LogP contribution in [0.5, 0.6) is 0 Å². The quantitative estimate of drug-likeness (QED) is 0.372. The summed E-state index contributed by atoms with van der Waals surface area (Å²) in [6.07, 6.45) is 3.36. The number of nitrogens with zero attached hydrogens (tertiary/aromatic N) is 5. The van der Waals surface area contributed by atoms with Crippen molar-refractivity contribution in [1.82, 2.24) is 14.3 Å². The van der Waals surface area contributed by atoms with Gasteiger partial charge in [0.1, 0.15) is 15.8 Å². The largest absolute Gasteiger partial charge is 0.368 e. The average molecular weight is 526 g/mol. The number of piperazine rings is 1. The summed E-state index contributed by atoms with van der Waals surface area (Å²) < 4.78 is 2.02. The van der Waals surface area contributed by atoms with Crippen molar-refractivity contribution in [2.24, 2.45) is 0 Å². The van der Waals surface area contributed by atoms with E-state index in [1.165, 1.54) is 16.2 Å². The van der Waals surface area contributed by atoms with E-state index in [1.807, 2.05) is 50.2 Å². The van der Waals surface area contributed by atoms with Crippen LogP contribution in [0.15, 0.2) is 58.4 Å². The molecule has 3 aromatic rings. The number of aromatic nitrogens is 2. The van der Waals surface area contributed by atoms with E-state index in [0.29, 0.717) is 44.4 Å². The Labute approximate surface area is 218 Å². The minimum Gasteiger partial charge on any atom is -0.368 e. The Hall–Kier alpha value is -2.88. The van der Waals surface area contributed by atoms with E-state index in [-0.39, 0.29) is 17.5 Å². The number of benzene rings is 1. The Kier molecular flexibility index (Phi) is 6.57. The molecule has 0 N–H and O–H groups in total. The predicted octanol–water partition coefficient (Wildman–Crippen LogP) is 4.28. The lowest BCUT2D eigenvalue weighted by atomic mass is 10.2. The van der Waals surface area contributed by atoms with E-state index in [4.69, 9.17) is 28.8 Å². The molecule has 35 heavy (non-hydrogen) atoms. The van der Waals surface area contributed by atoms with Crippen LogP contribution in [0.25, 0.3) is 11.7 Å². The summed E-state index contributed by atoms with van der Waals surface area (Å²) in [5.74, 6) is 0.408. The molecule has 0 aliphatic carbocycles. The molecule has 1 aromatic carbocycles. The van der Waals surface area contributed by atoms with Gasteiger partial charge in [0.25, 0.3) is 11.5 Å². The number of thioether (sulfide) groups is 1. The molecule has 5 rings (SSSR count). The molecule has 0 spiro atoms. The van der Waals surface area contributed by atoms with Crippen molar-refractivity contribution >= 4 is 69.0 Å². The highest BCUT2D eigenvalue weighted by atomic mass is 35.5. The number of hydrogen-bond acceptors (Lipinski definition) is 7. The van der Waals surface area contributed by atoms with Crippen LogP contribution in [-0.2, 0) is 4.79 Å². The third-order valence-corrected chi connectivity index (χ3v) is 7.68. The van der Waals surface area contributed by atoms with Crippen molar-refractivity contribution < 1.29 is 4.79 Å². The van der Waals surface area contributed by atoms with Gasteiger partial charge in [0.05, 0.1) is 10.5 Å². The predicted molar refractivity (Wildman–Crippen MR) is 147 cm³/mol. The minimum atomic E-state index is -0.210. The maximum atomic E-state index is 13.6. The number of carbonyl (C=O) groups excluding carboxylic acids is 1. The summed E-state index contributed by atoms with van der Waals surface area (Å²) >= 11 is 12.8. The van der Waals surface area contributed by atoms with Gasteiger partial charge in [-0.05, 0) is 50.3 Å². The smallest absolute Gasteiger partial charge is 0.267 e. The minimum absolute atomic E-state index is 0.0525. The highest BCUT2D eigenvalue weighted by Crippen LogP contribution is 2.35. The van der Waals surface area contributed by atoms with E-state index in [1.54, 1.807) is 23.2 Å². The molecule has 0 unspecified atom stereocenters. The molecule has 1 amide bonds. The molecule has 180 valence electrons. The van der Waals surface area contributed by atoms with Gasteiger partial charge in [-0.1, -0.05) is 47.7 Å². The topological polar surface area (TPSA) is 61.2 Å². The monoisotopic (exact) mass is 525 g/mol. The molecule has 7 nitrogen and oxygen atoms in total. The highest BCUT2D eigenvalue weighted by molar-refractivity contribution is 8.26. The number of hydrogen-bond donors (Lipinski definition) is 0. The van der Waals surface area contributed by atoms with Gasteiger partial charge in [0.2, 0.25) is 0 Å². The number of anilines is 2. The lowest BCUT2D eigenvalue weighted by Crippen LogP contribution is -2.47. The Morgan fingerprint density at radius 2 is 1.80 bits per heavy atom. The zero-order valence-corrected chi connectivity index (χ0v) is 21.7. The molecular weight excluding hydrogens is 502 g/mol. The van der Waals surface area contributed by atoms with Crippen LogP contribution >= 0.6 is 35.6 Å². The number of fused-ring (bicyclic) bond motifs is 1. The molecule has 2 aliphatic heterocycles. The second-order valence-electron chi connectivity index (χ2n) is 8.68. The molecule has 2 aliphatic rings. The number of rotatable bonds is 4. The standard InChI is InChI=1S/C25H24ClN5O2S2/c1-16(2)31-24(33)20(35-25(31)34)15-19-22(27-21-8-3-4-9-30(21)23(19)32)29-12-10-28(11-13-29)18-7-5-6-17(26)14-18/h3-9,14-16H,10-13H2,1-2H3/b20-15+. The zero-order chi connectivity index (χ0) is 24.7. The normalized spacial score (nSPS) is 17.9. The first-order valence-corrected chi connectivity index (χ1v) is 13.0. The highest BCUT2D eigenvalue weighted by Gasteiger charge is 2.34. The second-order valence-corrected chi connectivity index (χ2v) is 10.8. The van der Waals surface area contributed by atoms with Crippen molar-refractivity contribution in [3.63, 3.8) is 0 Å². The van der Waals surface area contributed by atoms with Crippen LogP contribution in [0.1, 0.15) is 19.4 Å². The Balaban J connectivity index is 1.52. The molecule has 0 bridgehead atoms. The molecule has 2 aromatic heterocycles. The maximum absolute atomic E-state index is 13.6. The summed E-state index contributed by atoms with van der Waals surface area (Å²) in [7, 11) is 0. The second kappa shape index (κ2) is 9.64. The van der Waals surface area contributed by atoms with Crippen LogP contribution in [0.4, 0.5) is 11.5 Å². The first-order chi connectivity index (χ1) is 16.8. The number of pyridine rings is 1. The van der Waals surface area contributed by atoms with Gasteiger partial charge in [0.15, 0.2) is 0 Å². The molecule has 0 atom stereocenters. The van der Waals surface area contributed by atoms with E-state index in [0.717, 1.165) is 18.8 Å². The van der Waals surface area contributed by atoms with Crippen molar-refractivity contribution in [3.05, 3.63) is 74.5 Å². The van der Waals surface area contributed by atoms with E-state index >= 15 is 0 Å². The van der Waals surface area contributed by atoms with Gasteiger partial charge in [-0.2, -0.15) is 0 Å². The number of carbonyl (C=O) groups is 1. The van der Waals surface area contributed by atoms with E-state index in [9.17, 15) is 9.59 Å². The first kappa shape index (κ1) is 23.8. The lowest BCUT2D eigenvalue weighted by Gasteiger charge is -2.37. The van der Waals surface area contributed by atoms with Gasteiger partial charge in [-0.25, -0.2) is 4.98 Å². The van der Waals surface area contributed by atoms with Crippen LogP contribution in [0.2, 0.25) is 5.02 Å². The summed E-state index contributed by atoms with van der Waals surface area (Å²) in [5.41, 5.74) is 1.82. The lowest BCUT2D eigenvalue weighted by molar-refractivity contribution is -0.123. The number of thiocarbonyl (C=S) groups is 1. The third-order valence-electron chi connectivity index (χ3n) is 6.12. The number of halogens is 1. The van der Waals surface area contributed by atoms with Crippen molar-refractivity contribution in [2.45, 2.75) is 19.9 Å². The molecule has 4 heterocycles. The van der Waals surface area contributed by atoms with Crippen molar-refractivity contribution in [1.29, 1.82) is 0 Å². The van der Waals surface area contributed by atoms with E-state index in [2.05, 4.69) is 9.80 Å². The van der Waals surface area contributed by atoms with Crippen LogP contribution < -0.4 is 15.4 Å². The van der Waals surface area contributed by atoms with Gasteiger partial charge >= 0.3 is 0 Å². The Bertz CT molecular complexity index is 1410. The number of amides is 1. The van der Waals surface area contributed by atoms with Crippen LogP contribution in [0, 0.1) is 0 Å². The van der Waals surface area contributed by atoms with Gasteiger partial charge < -0.3 is 9.80 Å². The Morgan fingerprint density at radius 1 is 1.06 bits per heavy atom. The molecule has 0 saturated carbocycles. The van der Waals surface area contributed by atoms with Crippen molar-refractivity contribution in [2.75, 3.05) is 36.0 Å². The average Bonchev–Trinajstić information content (AvgIpc) is 3.13. The Morgan fingerprint density at radius 3 is 2.49 bits per heavy atom. The fourth-order valence-electron chi connectivity index (χ4n) is 4.36. The van der Waals surface area contributed by atoms with Gasteiger partial charge in [-0.15, -0.1) is 0 Å². The van der Waals surface area contributed by atoms with Crippen molar-refractivity contribution in [3.8, 4) is 0 Å². The van der Waals surface area contributed by atoms with Gasteiger partial charge in [-0.3, -0.25) is 18.9 Å². The zero-order valence-electron chi connectivity index (χ0n) is 19.3. The van der Waals surface area contributed by atoms with Crippen LogP contribution in [-0.4, -0.2) is 56.7 Å². The molecule has 2 saturated heterocycles. The summed E-state index contributed by atoms with van der Waals surface area (Å²) in [6, 6.07) is 13.2. The third kappa shape index (κ3) is 4.55. The SMILES string of the molecule is CC(C)N1C(=O)/C(=C\c2c(N3CCN(c4cccc(Cl)c4)CC3)nc3ccccn3c2=O)SC1=S. The fraction of sp³-hybridized carbons (Fsp3) is 0.280.